The molecule has 0 spiro atoms. The minimum Gasteiger partial charge on any atom is -0.328 e. The zero-order chi connectivity index (χ0) is 9.19. The van der Waals surface area contributed by atoms with Gasteiger partial charge >= 0.3 is 9.15 Å². The second kappa shape index (κ2) is 3.95. The molecule has 3 N–H and O–H groups in total. The highest BCUT2D eigenvalue weighted by molar-refractivity contribution is 8.70. The van der Waals surface area contributed by atoms with Gasteiger partial charge in [0, 0.05) is 11.3 Å². The SMILES string of the molecule is NC1CCC(SS(=O)(=O)O)CC1. The molecule has 0 radical (unpaired) electrons. The van der Waals surface area contributed by atoms with Gasteiger partial charge in [-0.2, -0.15) is 8.42 Å². The van der Waals surface area contributed by atoms with Crippen LogP contribution in [0.25, 0.3) is 0 Å². The van der Waals surface area contributed by atoms with E-state index in [9.17, 15) is 8.42 Å². The molecular formula is C6H13NO3S2. The molecule has 1 aliphatic rings. The molecular weight excluding hydrogens is 198 g/mol. The van der Waals surface area contributed by atoms with Gasteiger partial charge in [-0.25, -0.2) is 0 Å². The normalized spacial score (nSPS) is 31.8. The molecule has 1 rings (SSSR count). The number of hydrogen-bond acceptors (Lipinski definition) is 4. The highest BCUT2D eigenvalue weighted by Crippen LogP contribution is 2.30. The maximum Gasteiger partial charge on any atom is 0.319 e. The van der Waals surface area contributed by atoms with Gasteiger partial charge in [-0.1, -0.05) is 0 Å². The van der Waals surface area contributed by atoms with Crippen LogP contribution in [0.3, 0.4) is 0 Å². The number of nitrogens with two attached hydrogens (primary N) is 1. The minimum absolute atomic E-state index is 0.0276. The zero-order valence-electron chi connectivity index (χ0n) is 6.64. The molecule has 0 amide bonds. The van der Waals surface area contributed by atoms with E-state index in [4.69, 9.17) is 10.3 Å². The lowest BCUT2D eigenvalue weighted by molar-refractivity contribution is 0.450. The molecule has 0 heterocycles. The van der Waals surface area contributed by atoms with E-state index in [-0.39, 0.29) is 11.3 Å². The van der Waals surface area contributed by atoms with Crippen molar-refractivity contribution < 1.29 is 13.0 Å². The summed E-state index contributed by atoms with van der Waals surface area (Å²) in [5.74, 6) is 0. The minimum atomic E-state index is -3.87. The first-order valence-electron chi connectivity index (χ1n) is 3.88. The average molecular weight is 211 g/mol. The van der Waals surface area contributed by atoms with E-state index < -0.39 is 9.15 Å². The van der Waals surface area contributed by atoms with Crippen molar-refractivity contribution in [2.45, 2.75) is 37.0 Å². The second-order valence-corrected chi connectivity index (χ2v) is 6.62. The number of hydrogen-bond donors (Lipinski definition) is 2. The molecule has 72 valence electrons. The van der Waals surface area contributed by atoms with Crippen molar-refractivity contribution in [3.05, 3.63) is 0 Å². The second-order valence-electron chi connectivity index (χ2n) is 3.06. The van der Waals surface area contributed by atoms with Gasteiger partial charge in [-0.15, -0.1) is 0 Å². The summed E-state index contributed by atoms with van der Waals surface area (Å²) in [6.45, 7) is 0. The Bertz CT molecular complexity index is 231. The van der Waals surface area contributed by atoms with E-state index >= 15 is 0 Å². The monoisotopic (exact) mass is 211 g/mol. The Hall–Kier alpha value is 0.220. The maximum absolute atomic E-state index is 10.5. The fourth-order valence-electron chi connectivity index (χ4n) is 1.36. The quantitative estimate of drug-likeness (QED) is 0.521. The largest absolute Gasteiger partial charge is 0.328 e. The van der Waals surface area contributed by atoms with Crippen LogP contribution < -0.4 is 5.73 Å². The standard InChI is InChI=1S/C6H13NO3S2/c7-5-1-3-6(4-2-5)11-12(8,9)10/h5-6H,1-4,7H2,(H,8,9,10). The van der Waals surface area contributed by atoms with Crippen molar-refractivity contribution in [2.24, 2.45) is 5.73 Å². The Morgan fingerprint density at radius 3 is 2.17 bits per heavy atom. The smallest absolute Gasteiger partial charge is 0.319 e. The molecule has 1 fully saturated rings. The van der Waals surface area contributed by atoms with E-state index in [1.807, 2.05) is 0 Å². The molecule has 0 atom stereocenters. The van der Waals surface area contributed by atoms with Gasteiger partial charge in [0.25, 0.3) is 0 Å². The lowest BCUT2D eigenvalue weighted by Crippen LogP contribution is -2.28. The van der Waals surface area contributed by atoms with Crippen LogP contribution in [-0.4, -0.2) is 24.3 Å². The summed E-state index contributed by atoms with van der Waals surface area (Å²) < 4.78 is 29.5. The summed E-state index contributed by atoms with van der Waals surface area (Å²) >= 11 is 0. The molecule has 0 saturated heterocycles. The first-order chi connectivity index (χ1) is 5.47. The van der Waals surface area contributed by atoms with Crippen LogP contribution in [0, 0.1) is 0 Å². The third-order valence-electron chi connectivity index (χ3n) is 1.98. The Kier molecular flexibility index (Phi) is 3.39. The Balaban J connectivity index is 2.36. The first kappa shape index (κ1) is 10.3. The van der Waals surface area contributed by atoms with Gasteiger partial charge in [-0.05, 0) is 36.5 Å². The molecule has 0 aromatic heterocycles. The summed E-state index contributed by atoms with van der Waals surface area (Å²) in [6.07, 6.45) is 3.28. The predicted octanol–water partition coefficient (Wildman–Crippen LogP) is 0.792. The van der Waals surface area contributed by atoms with Gasteiger partial charge < -0.3 is 5.73 Å². The van der Waals surface area contributed by atoms with Gasteiger partial charge in [-0.3, -0.25) is 4.55 Å². The maximum atomic E-state index is 10.5. The van der Waals surface area contributed by atoms with E-state index in [1.54, 1.807) is 0 Å². The Labute approximate surface area is 76.0 Å². The van der Waals surface area contributed by atoms with Crippen LogP contribution in [0.1, 0.15) is 25.7 Å². The summed E-state index contributed by atoms with van der Waals surface area (Å²) in [5, 5.41) is 0.0276. The molecule has 0 aromatic carbocycles. The van der Waals surface area contributed by atoms with Crippen molar-refractivity contribution in [1.82, 2.24) is 0 Å². The van der Waals surface area contributed by atoms with Crippen LogP contribution in [0.5, 0.6) is 0 Å². The molecule has 1 aliphatic carbocycles. The molecule has 4 nitrogen and oxygen atoms in total. The number of rotatable bonds is 2. The summed E-state index contributed by atoms with van der Waals surface area (Å²) in [6, 6.07) is 0.211. The van der Waals surface area contributed by atoms with E-state index in [0.717, 1.165) is 25.7 Å². The fourth-order valence-corrected chi connectivity index (χ4v) is 3.77. The third-order valence-corrected chi connectivity index (χ3v) is 4.51. The fraction of sp³-hybridized carbons (Fsp3) is 1.00. The lowest BCUT2D eigenvalue weighted by atomic mass is 9.96. The van der Waals surface area contributed by atoms with E-state index in [0.29, 0.717) is 10.8 Å². The average Bonchev–Trinajstić information content (AvgIpc) is 1.91. The van der Waals surface area contributed by atoms with Crippen LogP contribution in [0.4, 0.5) is 0 Å². The lowest BCUT2D eigenvalue weighted by Gasteiger charge is -2.23. The molecule has 12 heavy (non-hydrogen) atoms. The molecule has 1 saturated carbocycles. The van der Waals surface area contributed by atoms with Crippen LogP contribution in [0.2, 0.25) is 0 Å². The van der Waals surface area contributed by atoms with Crippen LogP contribution >= 0.6 is 10.8 Å². The van der Waals surface area contributed by atoms with Crippen LogP contribution in [-0.2, 0) is 9.15 Å². The molecule has 6 heteroatoms. The molecule has 0 unspecified atom stereocenters. The summed E-state index contributed by atoms with van der Waals surface area (Å²) in [7, 11) is -3.21. The van der Waals surface area contributed by atoms with Gasteiger partial charge in [0.2, 0.25) is 0 Å². The summed E-state index contributed by atoms with van der Waals surface area (Å²) in [4.78, 5) is 0. The van der Waals surface area contributed by atoms with Gasteiger partial charge in [0.05, 0.1) is 0 Å². The van der Waals surface area contributed by atoms with Crippen LogP contribution in [0.15, 0.2) is 0 Å². The molecule has 0 bridgehead atoms. The van der Waals surface area contributed by atoms with Gasteiger partial charge in [0.15, 0.2) is 0 Å². The Morgan fingerprint density at radius 1 is 1.25 bits per heavy atom. The van der Waals surface area contributed by atoms with Crippen molar-refractivity contribution in [2.75, 3.05) is 0 Å². The predicted molar refractivity (Wildman–Crippen MR) is 49.4 cm³/mol. The van der Waals surface area contributed by atoms with Crippen molar-refractivity contribution >= 4 is 19.9 Å². The molecule has 0 aromatic rings. The zero-order valence-corrected chi connectivity index (χ0v) is 8.27. The van der Waals surface area contributed by atoms with Crippen molar-refractivity contribution in [1.29, 1.82) is 0 Å². The van der Waals surface area contributed by atoms with E-state index in [2.05, 4.69) is 0 Å². The first-order valence-corrected chi connectivity index (χ1v) is 6.72. The van der Waals surface area contributed by atoms with Crippen molar-refractivity contribution in [3.63, 3.8) is 0 Å². The third kappa shape index (κ3) is 3.75. The van der Waals surface area contributed by atoms with E-state index in [1.165, 1.54) is 0 Å². The summed E-state index contributed by atoms with van der Waals surface area (Å²) in [5.41, 5.74) is 5.64. The highest BCUT2D eigenvalue weighted by Gasteiger charge is 2.23. The van der Waals surface area contributed by atoms with Gasteiger partial charge in [0.1, 0.15) is 0 Å². The topological polar surface area (TPSA) is 80.4 Å². The van der Waals surface area contributed by atoms with Crippen molar-refractivity contribution in [3.8, 4) is 0 Å². The highest BCUT2D eigenvalue weighted by atomic mass is 33.1. The molecule has 0 aliphatic heterocycles. The Morgan fingerprint density at radius 2 is 1.75 bits per heavy atom.